The average Bonchev–Trinajstić information content (AvgIpc) is 3.85. The number of nitrogens with one attached hydrogen (secondary N) is 1. The van der Waals surface area contributed by atoms with Gasteiger partial charge in [0.1, 0.15) is 23.2 Å². The summed E-state index contributed by atoms with van der Waals surface area (Å²) in [5.41, 5.74) is 11.6. The van der Waals surface area contributed by atoms with Gasteiger partial charge < -0.3 is 9.73 Å². The first-order valence-corrected chi connectivity index (χ1v) is 19.7. The number of hydrogen-bond donors (Lipinski definition) is 1. The van der Waals surface area contributed by atoms with E-state index in [0.717, 1.165) is 77.8 Å². The van der Waals surface area contributed by atoms with E-state index in [4.69, 9.17) is 14.4 Å². The molecule has 0 bridgehead atoms. The molecule has 2 aromatic heterocycles. The van der Waals surface area contributed by atoms with Gasteiger partial charge in [-0.25, -0.2) is 9.98 Å². The molecular formula is C51H33N3OS. The van der Waals surface area contributed by atoms with Gasteiger partial charge in [0.2, 0.25) is 0 Å². The highest BCUT2D eigenvalue weighted by Crippen LogP contribution is 2.40. The molecule has 1 unspecified atom stereocenters. The van der Waals surface area contributed by atoms with Crippen LogP contribution in [0, 0.1) is 0 Å². The molecule has 1 aliphatic rings. The summed E-state index contributed by atoms with van der Waals surface area (Å²) in [6.07, 6.45) is -0.413. The first kappa shape index (κ1) is 32.4. The lowest BCUT2D eigenvalue weighted by molar-refractivity contribution is 0.667. The van der Waals surface area contributed by atoms with Crippen LogP contribution in [0.15, 0.2) is 202 Å². The Morgan fingerprint density at radius 2 is 1.11 bits per heavy atom. The maximum Gasteiger partial charge on any atom is 0.159 e. The summed E-state index contributed by atoms with van der Waals surface area (Å²) < 4.78 is 9.03. The van der Waals surface area contributed by atoms with Crippen molar-refractivity contribution < 1.29 is 4.42 Å². The monoisotopic (exact) mass is 735 g/mol. The van der Waals surface area contributed by atoms with Crippen LogP contribution in [0.1, 0.15) is 22.9 Å². The van der Waals surface area contributed by atoms with Crippen LogP contribution < -0.4 is 5.32 Å². The number of rotatable bonds is 6. The van der Waals surface area contributed by atoms with E-state index in [0.29, 0.717) is 5.84 Å². The first-order chi connectivity index (χ1) is 27.7. The number of benzene rings is 8. The van der Waals surface area contributed by atoms with E-state index < -0.39 is 6.17 Å². The van der Waals surface area contributed by atoms with Crippen molar-refractivity contribution in [3.8, 4) is 33.4 Å². The Kier molecular flexibility index (Phi) is 7.71. The number of aliphatic imine (C=N–C) groups is 2. The fraction of sp³-hybridized carbons (Fsp3) is 0.0196. The van der Waals surface area contributed by atoms with E-state index in [2.05, 4.69) is 181 Å². The van der Waals surface area contributed by atoms with Crippen LogP contribution in [0.4, 0.5) is 0 Å². The quantitative estimate of drug-likeness (QED) is 0.185. The number of amidine groups is 2. The van der Waals surface area contributed by atoms with Crippen molar-refractivity contribution in [3.05, 3.63) is 205 Å². The molecule has 0 saturated carbocycles. The van der Waals surface area contributed by atoms with Gasteiger partial charge in [-0.05, 0) is 87.5 Å². The molecule has 1 aliphatic heterocycles. The lowest BCUT2D eigenvalue weighted by atomic mass is 9.95. The molecule has 11 rings (SSSR count). The highest BCUT2D eigenvalue weighted by Gasteiger charge is 2.25. The van der Waals surface area contributed by atoms with Crippen LogP contribution in [0.5, 0.6) is 0 Å². The molecule has 0 saturated heterocycles. The molecule has 0 fully saturated rings. The number of hydrogen-bond acceptors (Lipinski definition) is 5. The summed E-state index contributed by atoms with van der Waals surface area (Å²) in [6.45, 7) is 0. The third-order valence-corrected chi connectivity index (χ3v) is 11.9. The molecule has 8 aromatic carbocycles. The maximum absolute atomic E-state index is 6.57. The van der Waals surface area contributed by atoms with Crippen molar-refractivity contribution in [3.63, 3.8) is 0 Å². The fourth-order valence-electron chi connectivity index (χ4n) is 8.05. The summed E-state index contributed by atoms with van der Waals surface area (Å²) in [4.78, 5) is 10.7. The molecule has 1 N–H and O–H groups in total. The highest BCUT2D eigenvalue weighted by molar-refractivity contribution is 7.26. The molecule has 1 atom stereocenters. The zero-order valence-corrected chi connectivity index (χ0v) is 31.0. The topological polar surface area (TPSA) is 49.9 Å². The molecule has 10 aromatic rings. The first-order valence-electron chi connectivity index (χ1n) is 18.8. The van der Waals surface area contributed by atoms with Gasteiger partial charge in [-0.1, -0.05) is 140 Å². The molecule has 3 heterocycles. The van der Waals surface area contributed by atoms with Crippen LogP contribution in [-0.2, 0) is 0 Å². The SMILES string of the molecule is c1ccc(-c2cc(-c3ccccc3)cc(C3N=C(c4ccc5c(c4)oc4cccc(-c6ccccc6)c45)N=C(c4cccc5c4sc4ccccc45)N3)c2)cc1. The molecule has 264 valence electrons. The average molecular weight is 736 g/mol. The van der Waals surface area contributed by atoms with Gasteiger partial charge in [0.05, 0.1) is 0 Å². The molecule has 56 heavy (non-hydrogen) atoms. The summed E-state index contributed by atoms with van der Waals surface area (Å²) in [5.74, 6) is 1.44. The van der Waals surface area contributed by atoms with E-state index in [-0.39, 0.29) is 0 Å². The molecule has 0 amide bonds. The summed E-state index contributed by atoms with van der Waals surface area (Å²) in [5, 5.41) is 8.46. The minimum atomic E-state index is -0.413. The molecule has 0 radical (unpaired) electrons. The van der Waals surface area contributed by atoms with Gasteiger partial charge in [-0.15, -0.1) is 11.3 Å². The predicted molar refractivity (Wildman–Crippen MR) is 235 cm³/mol. The minimum Gasteiger partial charge on any atom is -0.456 e. The Labute approximate surface area is 327 Å². The van der Waals surface area contributed by atoms with Gasteiger partial charge in [0.25, 0.3) is 0 Å². The Balaban J connectivity index is 1.10. The highest BCUT2D eigenvalue weighted by atomic mass is 32.1. The zero-order valence-electron chi connectivity index (χ0n) is 30.2. The van der Waals surface area contributed by atoms with Crippen LogP contribution in [0.25, 0.3) is 75.5 Å². The maximum atomic E-state index is 6.57. The Bertz CT molecular complexity index is 3100. The lowest BCUT2D eigenvalue weighted by Gasteiger charge is -2.25. The van der Waals surface area contributed by atoms with Crippen molar-refractivity contribution in [1.29, 1.82) is 0 Å². The molecule has 0 aliphatic carbocycles. The van der Waals surface area contributed by atoms with Crippen molar-refractivity contribution in [2.75, 3.05) is 0 Å². The standard InChI is InChI=1S/C51H33N3OS/c1-4-14-32(15-5-1)36-28-37(33-16-6-2-7-17-33)30-38(29-36)50-52-49(53-51(54-50)43-23-12-22-41-40-20-10-11-25-46(40)56-48(41)43)35-26-27-42-45(31-35)55-44-24-13-21-39(47(42)44)34-18-8-3-9-19-34/h1-31,50H,(H,52,53,54). The lowest BCUT2D eigenvalue weighted by Crippen LogP contribution is -2.33. The molecule has 4 nitrogen and oxygen atoms in total. The Morgan fingerprint density at radius 3 is 1.86 bits per heavy atom. The molecule has 0 spiro atoms. The smallest absolute Gasteiger partial charge is 0.159 e. The minimum absolute atomic E-state index is 0.413. The summed E-state index contributed by atoms with van der Waals surface area (Å²) >= 11 is 1.80. The van der Waals surface area contributed by atoms with E-state index in [1.165, 1.54) is 20.2 Å². The number of furan rings is 1. The van der Waals surface area contributed by atoms with Gasteiger partial charge in [0, 0.05) is 42.1 Å². The van der Waals surface area contributed by atoms with Gasteiger partial charge in [0.15, 0.2) is 5.84 Å². The third kappa shape index (κ3) is 5.60. The largest absolute Gasteiger partial charge is 0.456 e. The fourth-order valence-corrected chi connectivity index (χ4v) is 9.26. The van der Waals surface area contributed by atoms with Crippen molar-refractivity contribution >= 4 is 65.1 Å². The van der Waals surface area contributed by atoms with E-state index in [1.54, 1.807) is 11.3 Å². The van der Waals surface area contributed by atoms with E-state index >= 15 is 0 Å². The number of fused-ring (bicyclic) bond motifs is 6. The number of thiophene rings is 1. The van der Waals surface area contributed by atoms with Crippen LogP contribution >= 0.6 is 11.3 Å². The third-order valence-electron chi connectivity index (χ3n) is 10.7. The van der Waals surface area contributed by atoms with E-state index in [1.807, 2.05) is 12.1 Å². The van der Waals surface area contributed by atoms with E-state index in [9.17, 15) is 0 Å². The Hall–Kier alpha value is -7.08. The van der Waals surface area contributed by atoms with Gasteiger partial charge in [-0.3, -0.25) is 0 Å². The zero-order chi connectivity index (χ0) is 37.0. The van der Waals surface area contributed by atoms with Crippen LogP contribution in [0.3, 0.4) is 0 Å². The Morgan fingerprint density at radius 1 is 0.464 bits per heavy atom. The van der Waals surface area contributed by atoms with Crippen molar-refractivity contribution in [2.45, 2.75) is 6.17 Å². The van der Waals surface area contributed by atoms with Crippen LogP contribution in [-0.4, -0.2) is 11.7 Å². The predicted octanol–water partition coefficient (Wildman–Crippen LogP) is 13.5. The normalized spacial score (nSPS) is 14.2. The summed E-state index contributed by atoms with van der Waals surface area (Å²) in [7, 11) is 0. The van der Waals surface area contributed by atoms with Crippen molar-refractivity contribution in [1.82, 2.24) is 5.32 Å². The molecular weight excluding hydrogens is 703 g/mol. The van der Waals surface area contributed by atoms with Gasteiger partial charge >= 0.3 is 0 Å². The number of nitrogens with zero attached hydrogens (tertiary/aromatic N) is 2. The second-order valence-corrected chi connectivity index (χ2v) is 15.2. The second-order valence-electron chi connectivity index (χ2n) is 14.2. The van der Waals surface area contributed by atoms with Crippen LogP contribution in [0.2, 0.25) is 0 Å². The summed E-state index contributed by atoms with van der Waals surface area (Å²) in [6, 6.07) is 66.2. The van der Waals surface area contributed by atoms with Gasteiger partial charge in [-0.2, -0.15) is 0 Å². The second kappa shape index (κ2) is 13.3. The van der Waals surface area contributed by atoms with Crippen molar-refractivity contribution in [2.24, 2.45) is 9.98 Å². The molecule has 5 heteroatoms.